The van der Waals surface area contributed by atoms with Crippen LogP contribution in [0.4, 0.5) is 0 Å². The molecule has 2 N–H and O–H groups in total. The molecule has 112 valence electrons. The predicted molar refractivity (Wildman–Crippen MR) is 85.7 cm³/mol. The molecule has 0 aliphatic carbocycles. The molecule has 2 unspecified atom stereocenters. The Morgan fingerprint density at radius 1 is 1.65 bits per heavy atom. The number of amides is 1. The van der Waals surface area contributed by atoms with Crippen molar-refractivity contribution in [2.75, 3.05) is 25.3 Å². The lowest BCUT2D eigenvalue weighted by molar-refractivity contribution is -0.123. The number of hydrogen-bond donors (Lipinski definition) is 2. The lowest BCUT2D eigenvalue weighted by Gasteiger charge is -2.18. The molecule has 4 nitrogen and oxygen atoms in total. The van der Waals surface area contributed by atoms with Gasteiger partial charge in [-0.25, -0.2) is 0 Å². The van der Waals surface area contributed by atoms with E-state index >= 15 is 0 Å². The van der Waals surface area contributed by atoms with E-state index in [4.69, 9.17) is 16.3 Å². The molecule has 20 heavy (non-hydrogen) atoms. The SMILES string of the molecule is COC(CNC(=O)C1CSCN1)c1cccc(Cl)c1.Cl. The first-order valence-corrected chi connectivity index (χ1v) is 7.61. The van der Waals surface area contributed by atoms with E-state index in [1.54, 1.807) is 18.9 Å². The number of thioether (sulfide) groups is 1. The van der Waals surface area contributed by atoms with Gasteiger partial charge >= 0.3 is 0 Å². The van der Waals surface area contributed by atoms with Crippen molar-refractivity contribution in [1.29, 1.82) is 0 Å². The summed E-state index contributed by atoms with van der Waals surface area (Å²) in [4.78, 5) is 11.9. The molecule has 1 aliphatic rings. The van der Waals surface area contributed by atoms with E-state index in [0.29, 0.717) is 11.6 Å². The maximum absolute atomic E-state index is 11.9. The molecule has 0 radical (unpaired) electrons. The van der Waals surface area contributed by atoms with Gasteiger partial charge in [-0.1, -0.05) is 23.7 Å². The summed E-state index contributed by atoms with van der Waals surface area (Å²) in [6.45, 7) is 0.443. The maximum atomic E-state index is 11.9. The van der Waals surface area contributed by atoms with Crippen LogP contribution in [0.5, 0.6) is 0 Å². The van der Waals surface area contributed by atoms with Crippen molar-refractivity contribution in [2.24, 2.45) is 0 Å². The number of carbonyl (C=O) groups excluding carboxylic acids is 1. The Hall–Kier alpha value is -0.460. The molecule has 0 spiro atoms. The van der Waals surface area contributed by atoms with E-state index in [1.165, 1.54) is 0 Å². The minimum absolute atomic E-state index is 0. The number of ether oxygens (including phenoxy) is 1. The fourth-order valence-electron chi connectivity index (χ4n) is 1.92. The van der Waals surface area contributed by atoms with Crippen LogP contribution in [0.1, 0.15) is 11.7 Å². The average Bonchev–Trinajstić information content (AvgIpc) is 2.93. The summed E-state index contributed by atoms with van der Waals surface area (Å²) in [5.41, 5.74) is 0.962. The van der Waals surface area contributed by atoms with Gasteiger partial charge in [0, 0.05) is 30.3 Å². The van der Waals surface area contributed by atoms with Crippen LogP contribution in [0.2, 0.25) is 5.02 Å². The lowest BCUT2D eigenvalue weighted by Crippen LogP contribution is -2.43. The largest absolute Gasteiger partial charge is 0.375 e. The van der Waals surface area contributed by atoms with E-state index in [1.807, 2.05) is 24.3 Å². The molecule has 0 saturated carbocycles. The van der Waals surface area contributed by atoms with Crippen LogP contribution >= 0.6 is 35.8 Å². The molecular weight excluding hydrogens is 319 g/mol. The number of hydrogen-bond acceptors (Lipinski definition) is 4. The summed E-state index contributed by atoms with van der Waals surface area (Å²) < 4.78 is 5.41. The fraction of sp³-hybridized carbons (Fsp3) is 0.462. The van der Waals surface area contributed by atoms with Crippen molar-refractivity contribution in [3.8, 4) is 0 Å². The quantitative estimate of drug-likeness (QED) is 0.865. The molecule has 1 aromatic rings. The molecule has 1 aromatic carbocycles. The molecule has 1 saturated heterocycles. The second kappa shape index (κ2) is 8.74. The monoisotopic (exact) mass is 336 g/mol. The molecule has 0 aromatic heterocycles. The highest BCUT2D eigenvalue weighted by Crippen LogP contribution is 2.20. The Kier molecular flexibility index (Phi) is 7.69. The summed E-state index contributed by atoms with van der Waals surface area (Å²) in [5.74, 6) is 1.68. The zero-order valence-corrected chi connectivity index (χ0v) is 13.5. The van der Waals surface area contributed by atoms with E-state index in [0.717, 1.165) is 17.2 Å². The molecule has 1 aliphatic heterocycles. The standard InChI is InChI=1S/C13H17ClN2O2S.ClH/c1-18-12(9-3-2-4-10(14)5-9)6-15-13(17)11-7-19-8-16-11;/h2-5,11-12,16H,6-8H2,1H3,(H,15,17);1H. The topological polar surface area (TPSA) is 50.4 Å². The van der Waals surface area contributed by atoms with Crippen molar-refractivity contribution in [3.05, 3.63) is 34.9 Å². The smallest absolute Gasteiger partial charge is 0.238 e. The zero-order chi connectivity index (χ0) is 13.7. The van der Waals surface area contributed by atoms with Crippen molar-refractivity contribution in [2.45, 2.75) is 12.1 Å². The number of nitrogens with one attached hydrogen (secondary N) is 2. The third-order valence-corrected chi connectivity index (χ3v) is 4.17. The summed E-state index contributed by atoms with van der Waals surface area (Å²) >= 11 is 7.68. The third-order valence-electron chi connectivity index (χ3n) is 3.00. The van der Waals surface area contributed by atoms with Gasteiger partial charge in [-0.2, -0.15) is 0 Å². The Bertz CT molecular complexity index is 442. The van der Waals surface area contributed by atoms with Crippen LogP contribution in [0.3, 0.4) is 0 Å². The van der Waals surface area contributed by atoms with E-state index in [-0.39, 0.29) is 30.5 Å². The van der Waals surface area contributed by atoms with Gasteiger partial charge in [-0.3, -0.25) is 10.1 Å². The molecule has 0 bridgehead atoms. The van der Waals surface area contributed by atoms with Crippen LogP contribution in [-0.4, -0.2) is 37.2 Å². The molecular formula is C13H18Cl2N2O2S. The molecule has 2 atom stereocenters. The number of rotatable bonds is 5. The van der Waals surface area contributed by atoms with Gasteiger partial charge in [0.15, 0.2) is 0 Å². The molecule has 1 fully saturated rings. The first-order chi connectivity index (χ1) is 9.20. The number of carbonyl (C=O) groups is 1. The van der Waals surface area contributed by atoms with Gasteiger partial charge in [-0.15, -0.1) is 24.2 Å². The first kappa shape index (κ1) is 17.6. The van der Waals surface area contributed by atoms with E-state index in [9.17, 15) is 4.79 Å². The second-order valence-electron chi connectivity index (χ2n) is 4.30. The zero-order valence-electron chi connectivity index (χ0n) is 11.1. The highest BCUT2D eigenvalue weighted by Gasteiger charge is 2.23. The Morgan fingerprint density at radius 3 is 3.05 bits per heavy atom. The van der Waals surface area contributed by atoms with Crippen LogP contribution in [0.15, 0.2) is 24.3 Å². The van der Waals surface area contributed by atoms with Crippen LogP contribution in [0.25, 0.3) is 0 Å². The lowest BCUT2D eigenvalue weighted by atomic mass is 10.1. The van der Waals surface area contributed by atoms with Crippen molar-refractivity contribution in [1.82, 2.24) is 10.6 Å². The van der Waals surface area contributed by atoms with E-state index in [2.05, 4.69) is 10.6 Å². The van der Waals surface area contributed by atoms with Gasteiger partial charge < -0.3 is 10.1 Å². The highest BCUT2D eigenvalue weighted by molar-refractivity contribution is 7.99. The van der Waals surface area contributed by atoms with Gasteiger partial charge in [0.05, 0.1) is 12.1 Å². The highest BCUT2D eigenvalue weighted by atomic mass is 35.5. The van der Waals surface area contributed by atoms with Crippen LogP contribution in [-0.2, 0) is 9.53 Å². The predicted octanol–water partition coefficient (Wildman–Crippen LogP) is 2.23. The molecule has 1 amide bonds. The Balaban J connectivity index is 0.00000200. The molecule has 7 heteroatoms. The van der Waals surface area contributed by atoms with Crippen molar-refractivity contribution in [3.63, 3.8) is 0 Å². The average molecular weight is 337 g/mol. The minimum atomic E-state index is -0.184. The van der Waals surface area contributed by atoms with Crippen LogP contribution in [0, 0.1) is 0 Å². The second-order valence-corrected chi connectivity index (χ2v) is 5.76. The normalized spacial score (nSPS) is 19.2. The van der Waals surface area contributed by atoms with Gasteiger partial charge in [0.2, 0.25) is 5.91 Å². The van der Waals surface area contributed by atoms with Crippen molar-refractivity contribution >= 4 is 41.7 Å². The Morgan fingerprint density at radius 2 is 2.45 bits per heavy atom. The van der Waals surface area contributed by atoms with E-state index < -0.39 is 0 Å². The number of benzene rings is 1. The summed E-state index contributed by atoms with van der Waals surface area (Å²) in [5, 5.41) is 6.71. The number of halogens is 2. The summed E-state index contributed by atoms with van der Waals surface area (Å²) in [7, 11) is 1.63. The minimum Gasteiger partial charge on any atom is -0.375 e. The molecule has 1 heterocycles. The van der Waals surface area contributed by atoms with Gasteiger partial charge in [-0.05, 0) is 17.7 Å². The summed E-state index contributed by atoms with van der Waals surface area (Å²) in [6, 6.07) is 7.39. The number of methoxy groups -OCH3 is 1. The Labute approximate surface area is 134 Å². The first-order valence-electron chi connectivity index (χ1n) is 6.08. The fourth-order valence-corrected chi connectivity index (χ4v) is 3.06. The van der Waals surface area contributed by atoms with Crippen LogP contribution < -0.4 is 10.6 Å². The third kappa shape index (κ3) is 4.82. The van der Waals surface area contributed by atoms with Gasteiger partial charge in [0.25, 0.3) is 0 Å². The molecule has 2 rings (SSSR count). The maximum Gasteiger partial charge on any atom is 0.238 e. The van der Waals surface area contributed by atoms with Gasteiger partial charge in [0.1, 0.15) is 0 Å². The summed E-state index contributed by atoms with van der Waals surface area (Å²) in [6.07, 6.45) is -0.184. The van der Waals surface area contributed by atoms with Crippen molar-refractivity contribution < 1.29 is 9.53 Å².